The van der Waals surface area contributed by atoms with E-state index in [0.29, 0.717) is 23.3 Å². The van der Waals surface area contributed by atoms with Gasteiger partial charge < -0.3 is 0 Å². The molecule has 6 heteroatoms. The number of nitrogens with zero attached hydrogens (tertiary/aromatic N) is 5. The minimum atomic E-state index is 0.0493. The molecule has 3 aromatic heterocycles. The van der Waals surface area contributed by atoms with E-state index in [4.69, 9.17) is 24.9 Å². The van der Waals surface area contributed by atoms with Gasteiger partial charge in [-0.25, -0.2) is 24.9 Å². The van der Waals surface area contributed by atoms with Crippen LogP contribution in [-0.4, -0.2) is 24.9 Å². The standard InChI is InChI=1S/C59H37N5S/c1-4-16-36(17-5-1)56-60-50(35-51(61-56)42-23-11-12-24-43(42)53-34-40-22-10-15-27-52(40)65-53)39-28-30-46-48(32-39)54-44-25-13-14-26-45(44)55(46)49-33-41(29-31-47(49)54)59-63-57(37-18-6-2-7-19-37)62-58(64-59)38-20-8-3-9-21-38/h1-35,54-55H. The summed E-state index contributed by atoms with van der Waals surface area (Å²) < 4.78 is 1.27. The van der Waals surface area contributed by atoms with Crippen molar-refractivity contribution in [1.82, 2.24) is 24.9 Å². The topological polar surface area (TPSA) is 64.5 Å². The Morgan fingerprint density at radius 1 is 0.292 bits per heavy atom. The summed E-state index contributed by atoms with van der Waals surface area (Å²) >= 11 is 1.82. The molecule has 14 rings (SSSR count). The van der Waals surface area contributed by atoms with Crippen LogP contribution in [0.2, 0.25) is 0 Å². The molecule has 0 N–H and O–H groups in total. The highest BCUT2D eigenvalue weighted by Crippen LogP contribution is 2.56. The Morgan fingerprint density at radius 2 is 0.738 bits per heavy atom. The first-order valence-corrected chi connectivity index (χ1v) is 22.8. The maximum atomic E-state index is 5.31. The van der Waals surface area contributed by atoms with Gasteiger partial charge in [0.25, 0.3) is 0 Å². The summed E-state index contributed by atoms with van der Waals surface area (Å²) in [4.78, 5) is 27.0. The molecule has 0 saturated carbocycles. The highest BCUT2D eigenvalue weighted by molar-refractivity contribution is 7.22. The Bertz CT molecular complexity index is 3530. The summed E-state index contributed by atoms with van der Waals surface area (Å²) in [5.41, 5.74) is 16.9. The van der Waals surface area contributed by atoms with E-state index in [0.717, 1.165) is 50.3 Å². The number of aromatic nitrogens is 5. The van der Waals surface area contributed by atoms with Gasteiger partial charge >= 0.3 is 0 Å². The average Bonchev–Trinajstić information content (AvgIpc) is 3.83. The van der Waals surface area contributed by atoms with Crippen molar-refractivity contribution in [2.24, 2.45) is 0 Å². The fraction of sp³-hybridized carbons (Fsp3) is 0.0339. The summed E-state index contributed by atoms with van der Waals surface area (Å²) in [5.74, 6) is 2.78. The molecule has 0 fully saturated rings. The third-order valence-corrected chi connectivity index (χ3v) is 14.1. The van der Waals surface area contributed by atoms with Crippen LogP contribution in [0.5, 0.6) is 0 Å². The lowest BCUT2D eigenvalue weighted by Gasteiger charge is -2.42. The van der Waals surface area contributed by atoms with E-state index >= 15 is 0 Å². The minimum Gasteiger partial charge on any atom is -0.228 e. The molecule has 0 radical (unpaired) electrons. The number of hydrogen-bond acceptors (Lipinski definition) is 6. The van der Waals surface area contributed by atoms with Crippen molar-refractivity contribution in [3.05, 3.63) is 246 Å². The second-order valence-corrected chi connectivity index (χ2v) is 17.8. The summed E-state index contributed by atoms with van der Waals surface area (Å²) in [6.07, 6.45) is 0. The van der Waals surface area contributed by atoms with E-state index in [9.17, 15) is 0 Å². The lowest BCUT2D eigenvalue weighted by Crippen LogP contribution is -2.27. The van der Waals surface area contributed by atoms with Crippen LogP contribution in [0.1, 0.15) is 45.2 Å². The van der Waals surface area contributed by atoms with Gasteiger partial charge in [0.1, 0.15) is 0 Å². The monoisotopic (exact) mass is 847 g/mol. The minimum absolute atomic E-state index is 0.0493. The first-order chi connectivity index (χ1) is 32.2. The molecule has 2 atom stereocenters. The Morgan fingerprint density at radius 3 is 1.34 bits per heavy atom. The zero-order valence-corrected chi connectivity index (χ0v) is 35.8. The molecule has 0 amide bonds. The normalized spacial score (nSPS) is 14.5. The maximum absolute atomic E-state index is 5.31. The average molecular weight is 848 g/mol. The summed E-state index contributed by atoms with van der Waals surface area (Å²) in [7, 11) is 0. The lowest BCUT2D eigenvalue weighted by atomic mass is 9.60. The zero-order chi connectivity index (χ0) is 42.8. The van der Waals surface area contributed by atoms with Gasteiger partial charge in [0, 0.05) is 60.4 Å². The molecular weight excluding hydrogens is 811 g/mol. The molecule has 3 aliphatic rings. The Hall–Kier alpha value is -8.19. The fourth-order valence-corrected chi connectivity index (χ4v) is 11.0. The predicted octanol–water partition coefficient (Wildman–Crippen LogP) is 14.5. The molecule has 0 spiro atoms. The second-order valence-electron chi connectivity index (χ2n) is 16.7. The van der Waals surface area contributed by atoms with Gasteiger partial charge in [-0.2, -0.15) is 0 Å². The van der Waals surface area contributed by atoms with Crippen LogP contribution >= 0.6 is 11.3 Å². The van der Waals surface area contributed by atoms with Crippen LogP contribution in [-0.2, 0) is 0 Å². The van der Waals surface area contributed by atoms with Gasteiger partial charge in [0.05, 0.1) is 11.4 Å². The number of thiophene rings is 1. The second kappa shape index (κ2) is 15.3. The molecule has 0 aliphatic heterocycles. The van der Waals surface area contributed by atoms with Crippen LogP contribution in [0, 0.1) is 0 Å². The maximum Gasteiger partial charge on any atom is 0.164 e. The van der Waals surface area contributed by atoms with E-state index < -0.39 is 0 Å². The van der Waals surface area contributed by atoms with E-state index in [1.807, 2.05) is 53.8 Å². The fourth-order valence-electron chi connectivity index (χ4n) is 9.94. The lowest BCUT2D eigenvalue weighted by molar-refractivity contribution is 0.754. The highest BCUT2D eigenvalue weighted by atomic mass is 32.1. The van der Waals surface area contributed by atoms with Gasteiger partial charge in [0.2, 0.25) is 0 Å². The Balaban J connectivity index is 0.941. The number of rotatable bonds is 7. The van der Waals surface area contributed by atoms with Crippen LogP contribution in [0.4, 0.5) is 0 Å². The van der Waals surface area contributed by atoms with Crippen molar-refractivity contribution in [3.63, 3.8) is 0 Å². The molecule has 5 nitrogen and oxygen atoms in total. The smallest absolute Gasteiger partial charge is 0.164 e. The van der Waals surface area contributed by atoms with E-state index in [1.165, 1.54) is 48.3 Å². The molecule has 65 heavy (non-hydrogen) atoms. The predicted molar refractivity (Wildman–Crippen MR) is 264 cm³/mol. The van der Waals surface area contributed by atoms with Crippen LogP contribution in [0.25, 0.3) is 88.6 Å². The van der Waals surface area contributed by atoms with E-state index in [1.54, 1.807) is 0 Å². The molecule has 2 unspecified atom stereocenters. The molecular formula is C59H37N5S. The highest BCUT2D eigenvalue weighted by Gasteiger charge is 2.41. The van der Waals surface area contributed by atoms with Crippen LogP contribution in [0.15, 0.2) is 212 Å². The quantitative estimate of drug-likeness (QED) is 0.160. The molecule has 8 aromatic carbocycles. The molecule has 0 saturated heterocycles. The van der Waals surface area contributed by atoms with E-state index in [-0.39, 0.29) is 11.8 Å². The summed E-state index contributed by atoms with van der Waals surface area (Å²) in [6, 6.07) is 75.2. The summed E-state index contributed by atoms with van der Waals surface area (Å²) in [5, 5.41) is 1.25. The van der Waals surface area contributed by atoms with Crippen LogP contribution < -0.4 is 0 Å². The first kappa shape index (κ1) is 37.4. The van der Waals surface area contributed by atoms with Crippen molar-refractivity contribution in [3.8, 4) is 78.5 Å². The van der Waals surface area contributed by atoms with Crippen molar-refractivity contribution < 1.29 is 0 Å². The summed E-state index contributed by atoms with van der Waals surface area (Å²) in [6.45, 7) is 0. The number of fused-ring (bicyclic) bond motifs is 1. The molecule has 304 valence electrons. The van der Waals surface area contributed by atoms with Gasteiger partial charge in [-0.1, -0.05) is 182 Å². The third-order valence-electron chi connectivity index (χ3n) is 12.9. The molecule has 3 heterocycles. The van der Waals surface area contributed by atoms with Crippen molar-refractivity contribution in [2.45, 2.75) is 11.8 Å². The molecule has 11 aromatic rings. The molecule has 2 bridgehead atoms. The van der Waals surface area contributed by atoms with Gasteiger partial charge in [-0.15, -0.1) is 11.3 Å². The van der Waals surface area contributed by atoms with E-state index in [2.05, 4.69) is 170 Å². The van der Waals surface area contributed by atoms with Crippen molar-refractivity contribution >= 4 is 21.4 Å². The van der Waals surface area contributed by atoms with Crippen molar-refractivity contribution in [1.29, 1.82) is 0 Å². The van der Waals surface area contributed by atoms with Gasteiger partial charge in [-0.05, 0) is 69.1 Å². The SMILES string of the molecule is c1ccc(-c2nc(-c3ccc4c(c3)C3c5ccccc5C4c4cc(-c5nc(-c6ccccc6)nc(-c6ccccc6)n5)ccc43)cc(-c3ccccc3-c3cc4ccccc4s3)n2)cc1. The number of benzene rings is 8. The van der Waals surface area contributed by atoms with Crippen LogP contribution in [0.3, 0.4) is 0 Å². The zero-order valence-electron chi connectivity index (χ0n) is 35.0. The van der Waals surface area contributed by atoms with Gasteiger partial charge in [-0.3, -0.25) is 0 Å². The molecule has 3 aliphatic carbocycles. The largest absolute Gasteiger partial charge is 0.228 e. The van der Waals surface area contributed by atoms with Crippen molar-refractivity contribution in [2.75, 3.05) is 0 Å². The first-order valence-electron chi connectivity index (χ1n) is 22.0. The Labute approximate surface area is 380 Å². The van der Waals surface area contributed by atoms with Gasteiger partial charge in [0.15, 0.2) is 23.3 Å². The Kier molecular flexibility index (Phi) is 8.78. The third kappa shape index (κ3) is 6.41. The number of hydrogen-bond donors (Lipinski definition) is 0.